The number of hydrogen-bond acceptors (Lipinski definition) is 4. The van der Waals surface area contributed by atoms with Crippen LogP contribution in [0.1, 0.15) is 50.3 Å². The van der Waals surface area contributed by atoms with Crippen LogP contribution in [-0.2, 0) is 0 Å². The van der Waals surface area contributed by atoms with Gasteiger partial charge in [-0.25, -0.2) is 0 Å². The number of nitro groups is 1. The maximum atomic E-state index is 10.9. The summed E-state index contributed by atoms with van der Waals surface area (Å²) >= 11 is 0. The van der Waals surface area contributed by atoms with Crippen molar-refractivity contribution in [2.45, 2.75) is 44.7 Å². The number of nitro benzene ring substituents is 1. The van der Waals surface area contributed by atoms with E-state index >= 15 is 0 Å². The van der Waals surface area contributed by atoms with Crippen molar-refractivity contribution in [2.75, 3.05) is 26.2 Å². The predicted molar refractivity (Wildman–Crippen MR) is 86.7 cm³/mol. The Morgan fingerprint density at radius 1 is 0.818 bits per heavy atom. The van der Waals surface area contributed by atoms with Gasteiger partial charge in [0, 0.05) is 12.1 Å². The lowest BCUT2D eigenvalue weighted by Gasteiger charge is -2.43. The molecule has 0 bridgehead atoms. The van der Waals surface area contributed by atoms with Crippen LogP contribution in [0, 0.1) is 10.1 Å². The molecule has 22 heavy (non-hydrogen) atoms. The SMILES string of the molecule is O=[N+]([O-])c1ccc(C(N2CCCCC2)N2CCCCC2)cc1. The van der Waals surface area contributed by atoms with E-state index in [4.69, 9.17) is 0 Å². The van der Waals surface area contributed by atoms with E-state index in [0.717, 1.165) is 26.2 Å². The molecule has 0 spiro atoms. The highest BCUT2D eigenvalue weighted by Gasteiger charge is 2.29. The van der Waals surface area contributed by atoms with E-state index in [1.54, 1.807) is 12.1 Å². The Morgan fingerprint density at radius 3 is 1.68 bits per heavy atom. The molecule has 0 aromatic heterocycles. The van der Waals surface area contributed by atoms with Crippen molar-refractivity contribution in [1.29, 1.82) is 0 Å². The fourth-order valence-corrected chi connectivity index (χ4v) is 3.75. The molecule has 2 fully saturated rings. The molecule has 0 radical (unpaired) electrons. The number of likely N-dealkylation sites (tertiary alicyclic amines) is 2. The molecule has 0 atom stereocenters. The molecule has 3 rings (SSSR count). The number of benzene rings is 1. The van der Waals surface area contributed by atoms with Gasteiger partial charge in [0.2, 0.25) is 0 Å². The minimum absolute atomic E-state index is 0.180. The Balaban J connectivity index is 1.84. The van der Waals surface area contributed by atoms with Crippen molar-refractivity contribution in [1.82, 2.24) is 9.80 Å². The maximum Gasteiger partial charge on any atom is 0.269 e. The third kappa shape index (κ3) is 3.47. The Morgan fingerprint density at radius 2 is 1.27 bits per heavy atom. The van der Waals surface area contributed by atoms with E-state index in [9.17, 15) is 10.1 Å². The zero-order valence-electron chi connectivity index (χ0n) is 13.1. The van der Waals surface area contributed by atoms with E-state index in [2.05, 4.69) is 9.80 Å². The Kier molecular flexibility index (Phi) is 5.05. The molecule has 120 valence electrons. The summed E-state index contributed by atoms with van der Waals surface area (Å²) < 4.78 is 0. The molecular formula is C17H25N3O2. The molecule has 5 heteroatoms. The van der Waals surface area contributed by atoms with Crippen LogP contribution in [0.2, 0.25) is 0 Å². The standard InChI is InChI=1S/C17H25N3O2/c21-20(22)16-9-7-15(8-10-16)17(18-11-3-1-4-12-18)19-13-5-2-6-14-19/h7-10,17H,1-6,11-14H2. The van der Waals surface area contributed by atoms with Gasteiger partial charge in [-0.2, -0.15) is 0 Å². The van der Waals surface area contributed by atoms with Crippen molar-refractivity contribution < 1.29 is 4.92 Å². The molecule has 0 saturated carbocycles. The van der Waals surface area contributed by atoms with Gasteiger partial charge in [-0.1, -0.05) is 12.8 Å². The molecule has 1 aromatic rings. The molecule has 2 saturated heterocycles. The Bertz CT molecular complexity index is 473. The normalized spacial score (nSPS) is 21.1. The molecule has 0 N–H and O–H groups in total. The van der Waals surface area contributed by atoms with Crippen LogP contribution in [0.5, 0.6) is 0 Å². The summed E-state index contributed by atoms with van der Waals surface area (Å²) in [7, 11) is 0. The minimum atomic E-state index is -0.319. The van der Waals surface area contributed by atoms with E-state index in [1.807, 2.05) is 12.1 Å². The Hall–Kier alpha value is -1.46. The third-order valence-electron chi connectivity index (χ3n) is 4.88. The predicted octanol–water partition coefficient (Wildman–Crippen LogP) is 3.57. The molecule has 0 amide bonds. The molecular weight excluding hydrogens is 278 g/mol. The topological polar surface area (TPSA) is 49.6 Å². The second-order valence-corrected chi connectivity index (χ2v) is 6.42. The summed E-state index contributed by atoms with van der Waals surface area (Å²) in [5.41, 5.74) is 1.38. The molecule has 0 aliphatic carbocycles. The lowest BCUT2D eigenvalue weighted by Crippen LogP contribution is -2.45. The van der Waals surface area contributed by atoms with Gasteiger partial charge in [0.15, 0.2) is 0 Å². The first-order valence-electron chi connectivity index (χ1n) is 8.48. The highest BCUT2D eigenvalue weighted by atomic mass is 16.6. The van der Waals surface area contributed by atoms with Crippen molar-refractivity contribution >= 4 is 5.69 Å². The van der Waals surface area contributed by atoms with Gasteiger partial charge in [-0.3, -0.25) is 19.9 Å². The second kappa shape index (κ2) is 7.20. The van der Waals surface area contributed by atoms with E-state index in [1.165, 1.54) is 44.1 Å². The lowest BCUT2D eigenvalue weighted by molar-refractivity contribution is -0.384. The summed E-state index contributed by atoms with van der Waals surface area (Å²) in [6.07, 6.45) is 7.98. The smallest absolute Gasteiger partial charge is 0.269 e. The number of nitrogens with zero attached hydrogens (tertiary/aromatic N) is 3. The van der Waals surface area contributed by atoms with E-state index in [-0.39, 0.29) is 10.6 Å². The summed E-state index contributed by atoms with van der Waals surface area (Å²) in [5.74, 6) is 0. The molecule has 2 heterocycles. The second-order valence-electron chi connectivity index (χ2n) is 6.42. The average molecular weight is 303 g/mol. The number of piperidine rings is 2. The van der Waals surface area contributed by atoms with Gasteiger partial charge >= 0.3 is 0 Å². The minimum Gasteiger partial charge on any atom is -0.284 e. The fourth-order valence-electron chi connectivity index (χ4n) is 3.75. The number of hydrogen-bond donors (Lipinski definition) is 0. The maximum absolute atomic E-state index is 10.9. The lowest BCUT2D eigenvalue weighted by atomic mass is 10.0. The van der Waals surface area contributed by atoms with E-state index < -0.39 is 0 Å². The number of non-ortho nitro benzene ring substituents is 1. The fraction of sp³-hybridized carbons (Fsp3) is 0.647. The number of rotatable bonds is 4. The van der Waals surface area contributed by atoms with Crippen molar-refractivity contribution in [3.63, 3.8) is 0 Å². The monoisotopic (exact) mass is 303 g/mol. The summed E-state index contributed by atoms with van der Waals surface area (Å²) in [6, 6.07) is 7.20. The molecule has 1 aromatic carbocycles. The van der Waals surface area contributed by atoms with Crippen LogP contribution in [0.15, 0.2) is 24.3 Å². The third-order valence-corrected chi connectivity index (χ3v) is 4.88. The van der Waals surface area contributed by atoms with Crippen molar-refractivity contribution in [3.05, 3.63) is 39.9 Å². The molecule has 5 nitrogen and oxygen atoms in total. The molecule has 2 aliphatic heterocycles. The van der Waals surface area contributed by atoms with Crippen LogP contribution in [0.25, 0.3) is 0 Å². The summed E-state index contributed by atoms with van der Waals surface area (Å²) in [5, 5.41) is 10.9. The van der Waals surface area contributed by atoms with Crippen molar-refractivity contribution in [2.24, 2.45) is 0 Å². The first-order chi connectivity index (χ1) is 10.8. The Labute approximate surface area is 132 Å². The van der Waals surface area contributed by atoms with Crippen LogP contribution in [-0.4, -0.2) is 40.9 Å². The van der Waals surface area contributed by atoms with Crippen LogP contribution in [0.3, 0.4) is 0 Å². The highest BCUT2D eigenvalue weighted by Crippen LogP contribution is 2.31. The van der Waals surface area contributed by atoms with Gasteiger partial charge < -0.3 is 0 Å². The van der Waals surface area contributed by atoms with Crippen molar-refractivity contribution in [3.8, 4) is 0 Å². The van der Waals surface area contributed by atoms with Gasteiger partial charge in [0.1, 0.15) is 0 Å². The zero-order valence-corrected chi connectivity index (χ0v) is 13.1. The molecule has 0 unspecified atom stereocenters. The van der Waals surface area contributed by atoms with Crippen LogP contribution < -0.4 is 0 Å². The van der Waals surface area contributed by atoms with Gasteiger partial charge in [0.25, 0.3) is 5.69 Å². The summed E-state index contributed by atoms with van der Waals surface area (Å²) in [4.78, 5) is 15.7. The average Bonchev–Trinajstić information content (AvgIpc) is 2.57. The van der Waals surface area contributed by atoms with Crippen LogP contribution >= 0.6 is 0 Å². The van der Waals surface area contributed by atoms with Gasteiger partial charge in [-0.15, -0.1) is 0 Å². The zero-order chi connectivity index (χ0) is 15.4. The molecule has 2 aliphatic rings. The van der Waals surface area contributed by atoms with Gasteiger partial charge in [0.05, 0.1) is 11.1 Å². The summed E-state index contributed by atoms with van der Waals surface area (Å²) in [6.45, 7) is 4.55. The first-order valence-corrected chi connectivity index (χ1v) is 8.48. The van der Waals surface area contributed by atoms with Gasteiger partial charge in [-0.05, 0) is 69.6 Å². The van der Waals surface area contributed by atoms with Crippen LogP contribution in [0.4, 0.5) is 5.69 Å². The van der Waals surface area contributed by atoms with E-state index in [0.29, 0.717) is 6.17 Å². The quantitative estimate of drug-likeness (QED) is 0.630. The largest absolute Gasteiger partial charge is 0.284 e. The highest BCUT2D eigenvalue weighted by molar-refractivity contribution is 5.34. The first kappa shape index (κ1) is 15.4.